The standard InChI is InChI=1S/C21H30N2O4/c1-16-6-3-4-7-18(16)19-14-17(27-23-19)15-21(8-12-26-13-9-21)20(24)22-10-5-11-25-2/h3-4,6-7,17H,5,8-15H2,1-2H3,(H,22,24). The number of methoxy groups -OCH3 is 1. The molecule has 27 heavy (non-hydrogen) atoms. The highest BCUT2D eigenvalue weighted by atomic mass is 16.6. The van der Waals surface area contributed by atoms with Crippen LogP contribution in [0.25, 0.3) is 0 Å². The normalized spacial score (nSPS) is 21.4. The van der Waals surface area contributed by atoms with Crippen molar-refractivity contribution in [3.63, 3.8) is 0 Å². The minimum atomic E-state index is -0.438. The van der Waals surface area contributed by atoms with Gasteiger partial charge in [0.2, 0.25) is 5.91 Å². The molecule has 0 saturated carbocycles. The van der Waals surface area contributed by atoms with Gasteiger partial charge in [0.1, 0.15) is 6.10 Å². The van der Waals surface area contributed by atoms with Crippen LogP contribution in [-0.2, 0) is 19.1 Å². The van der Waals surface area contributed by atoms with Crippen LogP contribution in [0.5, 0.6) is 0 Å². The van der Waals surface area contributed by atoms with Crippen LogP contribution in [-0.4, -0.2) is 51.2 Å². The molecule has 2 aliphatic rings. The van der Waals surface area contributed by atoms with Gasteiger partial charge in [-0.3, -0.25) is 4.79 Å². The van der Waals surface area contributed by atoms with Gasteiger partial charge in [0.25, 0.3) is 0 Å². The molecule has 1 aromatic carbocycles. The smallest absolute Gasteiger partial charge is 0.226 e. The van der Waals surface area contributed by atoms with Gasteiger partial charge < -0.3 is 19.6 Å². The van der Waals surface area contributed by atoms with Crippen LogP contribution in [0.2, 0.25) is 0 Å². The fourth-order valence-electron chi connectivity index (χ4n) is 3.92. The van der Waals surface area contributed by atoms with Gasteiger partial charge in [-0.25, -0.2) is 0 Å². The molecule has 3 rings (SSSR count). The number of carbonyl (C=O) groups is 1. The second-order valence-electron chi connectivity index (χ2n) is 7.48. The summed E-state index contributed by atoms with van der Waals surface area (Å²) in [5, 5.41) is 7.41. The van der Waals surface area contributed by atoms with Crippen LogP contribution in [0.4, 0.5) is 0 Å². The number of carbonyl (C=O) groups excluding carboxylic acids is 1. The Morgan fingerprint density at radius 2 is 2.11 bits per heavy atom. The van der Waals surface area contributed by atoms with Crippen molar-refractivity contribution in [2.45, 2.75) is 45.1 Å². The zero-order chi connectivity index (χ0) is 19.1. The van der Waals surface area contributed by atoms with Crippen molar-refractivity contribution < 1.29 is 19.1 Å². The first-order valence-corrected chi connectivity index (χ1v) is 9.78. The molecule has 0 spiro atoms. The third-order valence-electron chi connectivity index (χ3n) is 5.55. The summed E-state index contributed by atoms with van der Waals surface area (Å²) in [6.07, 6.45) is 3.61. The van der Waals surface area contributed by atoms with Gasteiger partial charge in [-0.15, -0.1) is 0 Å². The minimum absolute atomic E-state index is 0.0672. The van der Waals surface area contributed by atoms with E-state index in [-0.39, 0.29) is 12.0 Å². The zero-order valence-corrected chi connectivity index (χ0v) is 16.3. The first-order chi connectivity index (χ1) is 13.1. The second-order valence-corrected chi connectivity index (χ2v) is 7.48. The third-order valence-corrected chi connectivity index (χ3v) is 5.55. The van der Waals surface area contributed by atoms with Gasteiger partial charge in [-0.1, -0.05) is 29.4 Å². The molecule has 2 aliphatic heterocycles. The van der Waals surface area contributed by atoms with Crippen LogP contribution < -0.4 is 5.32 Å². The summed E-state index contributed by atoms with van der Waals surface area (Å²) in [6.45, 7) is 4.59. The van der Waals surface area contributed by atoms with E-state index >= 15 is 0 Å². The Hall–Kier alpha value is -1.92. The number of hydrogen-bond acceptors (Lipinski definition) is 5. The van der Waals surface area contributed by atoms with E-state index in [1.54, 1.807) is 7.11 Å². The molecule has 1 unspecified atom stereocenters. The van der Waals surface area contributed by atoms with Crippen molar-refractivity contribution in [1.82, 2.24) is 5.32 Å². The number of rotatable bonds is 8. The van der Waals surface area contributed by atoms with E-state index in [1.165, 1.54) is 5.56 Å². The quantitative estimate of drug-likeness (QED) is 0.711. The predicted molar refractivity (Wildman–Crippen MR) is 104 cm³/mol. The van der Waals surface area contributed by atoms with Crippen LogP contribution in [0.15, 0.2) is 29.4 Å². The van der Waals surface area contributed by atoms with E-state index in [0.29, 0.717) is 32.8 Å². The van der Waals surface area contributed by atoms with Crippen molar-refractivity contribution >= 4 is 11.6 Å². The van der Waals surface area contributed by atoms with Gasteiger partial charge in [0.05, 0.1) is 11.1 Å². The maximum Gasteiger partial charge on any atom is 0.226 e. The lowest BCUT2D eigenvalue weighted by Crippen LogP contribution is -2.47. The maximum absolute atomic E-state index is 13.0. The summed E-state index contributed by atoms with van der Waals surface area (Å²) in [5.41, 5.74) is 2.86. The maximum atomic E-state index is 13.0. The lowest BCUT2D eigenvalue weighted by molar-refractivity contribution is -0.140. The van der Waals surface area contributed by atoms with Crippen LogP contribution in [0.3, 0.4) is 0 Å². The fourth-order valence-corrected chi connectivity index (χ4v) is 3.92. The molecule has 6 heteroatoms. The highest BCUT2D eigenvalue weighted by Gasteiger charge is 2.43. The Labute approximate surface area is 161 Å². The van der Waals surface area contributed by atoms with E-state index in [1.807, 2.05) is 12.1 Å². The number of hydrogen-bond donors (Lipinski definition) is 1. The molecule has 0 aromatic heterocycles. The molecule has 148 valence electrons. The predicted octanol–water partition coefficient (Wildman–Crippen LogP) is 2.83. The van der Waals surface area contributed by atoms with Gasteiger partial charge in [-0.2, -0.15) is 0 Å². The number of oxime groups is 1. The Bertz CT molecular complexity index is 668. The van der Waals surface area contributed by atoms with E-state index in [0.717, 1.165) is 37.0 Å². The van der Waals surface area contributed by atoms with Crippen molar-refractivity contribution in [1.29, 1.82) is 0 Å². The molecule has 1 saturated heterocycles. The monoisotopic (exact) mass is 374 g/mol. The molecule has 1 atom stereocenters. The summed E-state index contributed by atoms with van der Waals surface area (Å²) in [4.78, 5) is 18.7. The lowest BCUT2D eigenvalue weighted by Gasteiger charge is -2.37. The van der Waals surface area contributed by atoms with Gasteiger partial charge in [0.15, 0.2) is 0 Å². The summed E-state index contributed by atoms with van der Waals surface area (Å²) < 4.78 is 10.6. The highest BCUT2D eigenvalue weighted by Crippen LogP contribution is 2.38. The summed E-state index contributed by atoms with van der Waals surface area (Å²) >= 11 is 0. The molecule has 1 aromatic rings. The number of amides is 1. The first-order valence-electron chi connectivity index (χ1n) is 9.78. The highest BCUT2D eigenvalue weighted by molar-refractivity contribution is 6.02. The van der Waals surface area contributed by atoms with Gasteiger partial charge >= 0.3 is 0 Å². The molecule has 1 N–H and O–H groups in total. The van der Waals surface area contributed by atoms with E-state index < -0.39 is 5.41 Å². The SMILES string of the molecule is COCCCNC(=O)C1(CC2CC(c3ccccc3C)=NO2)CCOCC1. The van der Waals surface area contributed by atoms with Crippen molar-refractivity contribution in [3.05, 3.63) is 35.4 Å². The Morgan fingerprint density at radius 1 is 1.33 bits per heavy atom. The Balaban J connectivity index is 1.62. The van der Waals surface area contributed by atoms with E-state index in [2.05, 4.69) is 29.5 Å². The minimum Gasteiger partial charge on any atom is -0.392 e. The molecular weight excluding hydrogens is 344 g/mol. The van der Waals surface area contributed by atoms with Crippen LogP contribution in [0.1, 0.15) is 43.2 Å². The fraction of sp³-hybridized carbons (Fsp3) is 0.619. The largest absolute Gasteiger partial charge is 0.392 e. The molecule has 2 heterocycles. The topological polar surface area (TPSA) is 69.2 Å². The number of nitrogens with zero attached hydrogens (tertiary/aromatic N) is 1. The molecule has 1 fully saturated rings. The van der Waals surface area contributed by atoms with E-state index in [9.17, 15) is 4.79 Å². The summed E-state index contributed by atoms with van der Waals surface area (Å²) in [7, 11) is 1.67. The molecule has 0 radical (unpaired) electrons. The Morgan fingerprint density at radius 3 is 2.85 bits per heavy atom. The number of aryl methyl sites for hydroxylation is 1. The number of nitrogens with one attached hydrogen (secondary N) is 1. The van der Waals surface area contributed by atoms with E-state index in [4.69, 9.17) is 14.3 Å². The third kappa shape index (κ3) is 4.87. The van der Waals surface area contributed by atoms with Crippen molar-refractivity contribution in [2.24, 2.45) is 10.6 Å². The molecule has 1 amide bonds. The molecule has 6 nitrogen and oxygen atoms in total. The van der Waals surface area contributed by atoms with Crippen molar-refractivity contribution in [2.75, 3.05) is 33.5 Å². The first kappa shape index (κ1) is 19.8. The van der Waals surface area contributed by atoms with Crippen molar-refractivity contribution in [3.8, 4) is 0 Å². The van der Waals surface area contributed by atoms with Gasteiger partial charge in [0, 0.05) is 51.9 Å². The summed E-state index contributed by atoms with van der Waals surface area (Å²) in [6, 6.07) is 8.20. The van der Waals surface area contributed by atoms with Gasteiger partial charge in [-0.05, 0) is 31.7 Å². The molecule has 0 aliphatic carbocycles. The lowest BCUT2D eigenvalue weighted by atomic mass is 9.74. The van der Waals surface area contributed by atoms with Crippen LogP contribution in [0, 0.1) is 12.3 Å². The average Bonchev–Trinajstić information content (AvgIpc) is 3.14. The zero-order valence-electron chi connectivity index (χ0n) is 16.3. The second kappa shape index (κ2) is 9.33. The molecule has 0 bridgehead atoms. The number of benzene rings is 1. The average molecular weight is 374 g/mol. The number of ether oxygens (including phenoxy) is 2. The van der Waals surface area contributed by atoms with Crippen LogP contribution >= 0.6 is 0 Å². The molecular formula is C21H30N2O4. The summed E-state index contributed by atoms with van der Waals surface area (Å²) in [5.74, 6) is 0.106. The Kier molecular flexibility index (Phi) is 6.85.